The second-order valence-electron chi connectivity index (χ2n) is 4.73. The Hall–Kier alpha value is 1.25. The lowest BCUT2D eigenvalue weighted by molar-refractivity contribution is 0.583. The van der Waals surface area contributed by atoms with Crippen molar-refractivity contribution in [1.82, 2.24) is 0 Å². The highest BCUT2D eigenvalue weighted by molar-refractivity contribution is 8.69. The van der Waals surface area contributed by atoms with E-state index in [4.69, 9.17) is 11.8 Å². The molecule has 0 aliphatic rings. The summed E-state index contributed by atoms with van der Waals surface area (Å²) in [5, 5.41) is 0. The molecule has 0 heterocycles. The van der Waals surface area contributed by atoms with Gasteiger partial charge < -0.3 is 4.89 Å². The quantitative estimate of drug-likeness (QED) is 0.642. The maximum Gasteiger partial charge on any atom is 0.117 e. The molecular formula is C11H26ClOPS2. The fourth-order valence-corrected chi connectivity index (χ4v) is 5.96. The molecule has 0 aliphatic heterocycles. The fourth-order valence-electron chi connectivity index (χ4n) is 1.31. The van der Waals surface area contributed by atoms with Gasteiger partial charge in [0.05, 0.1) is 0 Å². The van der Waals surface area contributed by atoms with E-state index in [9.17, 15) is 4.89 Å². The van der Waals surface area contributed by atoms with Crippen LogP contribution in [-0.2, 0) is 11.8 Å². The van der Waals surface area contributed by atoms with Crippen molar-refractivity contribution in [2.75, 3.05) is 11.9 Å². The Bertz CT molecular complexity index is 212. The highest BCUT2D eigenvalue weighted by Gasteiger charge is 2.15. The van der Waals surface area contributed by atoms with E-state index in [2.05, 4.69) is 27.7 Å². The van der Waals surface area contributed by atoms with Gasteiger partial charge >= 0.3 is 0 Å². The van der Waals surface area contributed by atoms with Crippen molar-refractivity contribution < 1.29 is 4.89 Å². The predicted octanol–water partition coefficient (Wildman–Crippen LogP) is 4.93. The Morgan fingerprint density at radius 1 is 1.25 bits per heavy atom. The SMILES string of the molecule is CCCC(C)CSP(O)(=S)CCC(C)C.Cl. The van der Waals surface area contributed by atoms with Crippen LogP contribution in [0.15, 0.2) is 0 Å². The molecule has 0 saturated carbocycles. The minimum absolute atomic E-state index is 0. The molecule has 0 aromatic heterocycles. The minimum atomic E-state index is -2.07. The summed E-state index contributed by atoms with van der Waals surface area (Å²) in [6, 6.07) is 0. The molecule has 5 heteroatoms. The summed E-state index contributed by atoms with van der Waals surface area (Å²) in [6.45, 7) is 8.81. The third-order valence-electron chi connectivity index (χ3n) is 2.33. The molecule has 0 saturated heterocycles. The third-order valence-corrected chi connectivity index (χ3v) is 7.98. The number of rotatable bonds is 8. The van der Waals surface area contributed by atoms with E-state index >= 15 is 0 Å². The van der Waals surface area contributed by atoms with E-state index in [0.29, 0.717) is 11.8 Å². The van der Waals surface area contributed by atoms with Gasteiger partial charge in [-0.3, -0.25) is 0 Å². The van der Waals surface area contributed by atoms with Crippen LogP contribution in [0.4, 0.5) is 0 Å². The molecule has 16 heavy (non-hydrogen) atoms. The summed E-state index contributed by atoms with van der Waals surface area (Å²) in [7, 11) is 0. The van der Waals surface area contributed by atoms with Gasteiger partial charge in [-0.2, -0.15) is 0 Å². The maximum absolute atomic E-state index is 10.1. The first-order valence-electron chi connectivity index (χ1n) is 5.83. The average Bonchev–Trinajstić information content (AvgIpc) is 2.13. The molecule has 1 nitrogen and oxygen atoms in total. The smallest absolute Gasteiger partial charge is 0.117 e. The molecule has 0 fully saturated rings. The van der Waals surface area contributed by atoms with Crippen molar-refractivity contribution in [3.05, 3.63) is 0 Å². The summed E-state index contributed by atoms with van der Waals surface area (Å²) in [5.41, 5.74) is -2.07. The van der Waals surface area contributed by atoms with Crippen molar-refractivity contribution in [2.45, 2.75) is 47.0 Å². The Kier molecular flexibility index (Phi) is 12.5. The summed E-state index contributed by atoms with van der Waals surface area (Å²) in [4.78, 5) is 10.1. The van der Waals surface area contributed by atoms with Gasteiger partial charge in [0.2, 0.25) is 0 Å². The van der Waals surface area contributed by atoms with Crippen molar-refractivity contribution >= 4 is 41.1 Å². The van der Waals surface area contributed by atoms with Gasteiger partial charge in [-0.1, -0.05) is 63.7 Å². The van der Waals surface area contributed by atoms with E-state index in [1.54, 1.807) is 11.4 Å². The van der Waals surface area contributed by atoms with E-state index < -0.39 is 5.47 Å². The molecule has 0 aromatic rings. The summed E-state index contributed by atoms with van der Waals surface area (Å²) in [5.74, 6) is 2.36. The lowest BCUT2D eigenvalue weighted by Crippen LogP contribution is -1.99. The van der Waals surface area contributed by atoms with Gasteiger partial charge in [0.25, 0.3) is 0 Å². The van der Waals surface area contributed by atoms with Gasteiger partial charge in [0, 0.05) is 11.9 Å². The van der Waals surface area contributed by atoms with Crippen LogP contribution in [0.2, 0.25) is 0 Å². The van der Waals surface area contributed by atoms with Crippen LogP contribution in [0.5, 0.6) is 0 Å². The average molecular weight is 305 g/mol. The van der Waals surface area contributed by atoms with Crippen molar-refractivity contribution in [3.63, 3.8) is 0 Å². The monoisotopic (exact) mass is 304 g/mol. The second-order valence-corrected chi connectivity index (χ2v) is 12.1. The van der Waals surface area contributed by atoms with Gasteiger partial charge in [-0.15, -0.1) is 12.4 Å². The summed E-state index contributed by atoms with van der Waals surface area (Å²) in [6.07, 6.45) is 4.36. The Balaban J connectivity index is 0. The molecule has 100 valence electrons. The lowest BCUT2D eigenvalue weighted by Gasteiger charge is -2.18. The highest BCUT2D eigenvalue weighted by atomic mass is 35.5. The van der Waals surface area contributed by atoms with Crippen LogP contribution < -0.4 is 0 Å². The highest BCUT2D eigenvalue weighted by Crippen LogP contribution is 2.56. The fraction of sp³-hybridized carbons (Fsp3) is 1.00. The van der Waals surface area contributed by atoms with E-state index in [1.165, 1.54) is 12.8 Å². The van der Waals surface area contributed by atoms with Crippen LogP contribution in [0.3, 0.4) is 0 Å². The molecule has 2 unspecified atom stereocenters. The molecule has 1 N–H and O–H groups in total. The first kappa shape index (κ1) is 19.6. The minimum Gasteiger partial charge on any atom is -0.357 e. The second kappa shape index (κ2) is 10.2. The zero-order valence-electron chi connectivity index (χ0n) is 10.8. The molecule has 0 rings (SSSR count). The first-order valence-corrected chi connectivity index (χ1v) is 10.4. The number of hydrogen-bond acceptors (Lipinski definition) is 2. The van der Waals surface area contributed by atoms with Crippen molar-refractivity contribution in [2.24, 2.45) is 11.8 Å². The molecule has 0 radical (unpaired) electrons. The summed E-state index contributed by atoms with van der Waals surface area (Å²) < 4.78 is 0. The largest absolute Gasteiger partial charge is 0.357 e. The van der Waals surface area contributed by atoms with E-state index in [0.717, 1.165) is 18.3 Å². The third kappa shape index (κ3) is 11.7. The van der Waals surface area contributed by atoms with Crippen LogP contribution in [0.25, 0.3) is 0 Å². The van der Waals surface area contributed by atoms with Crippen LogP contribution >= 0.6 is 29.3 Å². The molecule has 0 amide bonds. The molecule has 0 bridgehead atoms. The van der Waals surface area contributed by atoms with E-state index in [-0.39, 0.29) is 12.4 Å². The standard InChI is InChI=1S/C11H25OPS2.ClH/c1-5-6-11(4)9-15-13(12,14)8-7-10(2)3;/h10-11H,5-9H2,1-4H3,(H,12,14);1H. The van der Waals surface area contributed by atoms with Gasteiger partial charge in [-0.05, 0) is 18.3 Å². The maximum atomic E-state index is 10.1. The van der Waals surface area contributed by atoms with Crippen LogP contribution in [0, 0.1) is 11.8 Å². The topological polar surface area (TPSA) is 20.2 Å². The predicted molar refractivity (Wildman–Crippen MR) is 84.6 cm³/mol. The van der Waals surface area contributed by atoms with Gasteiger partial charge in [-0.25, -0.2) is 0 Å². The van der Waals surface area contributed by atoms with Crippen LogP contribution in [-0.4, -0.2) is 16.8 Å². The summed E-state index contributed by atoms with van der Waals surface area (Å²) >= 11 is 6.94. The van der Waals surface area contributed by atoms with E-state index in [1.807, 2.05) is 0 Å². The van der Waals surface area contributed by atoms with Gasteiger partial charge in [0.15, 0.2) is 0 Å². The lowest BCUT2D eigenvalue weighted by atomic mass is 10.1. The van der Waals surface area contributed by atoms with Crippen molar-refractivity contribution in [1.29, 1.82) is 0 Å². The zero-order valence-corrected chi connectivity index (χ0v) is 14.2. The Morgan fingerprint density at radius 3 is 2.25 bits per heavy atom. The van der Waals surface area contributed by atoms with Crippen LogP contribution in [0.1, 0.15) is 47.0 Å². The normalized spacial score (nSPS) is 16.6. The Morgan fingerprint density at radius 2 is 1.81 bits per heavy atom. The zero-order chi connectivity index (χ0) is 11.9. The number of hydrogen-bond donors (Lipinski definition) is 1. The molecule has 0 spiro atoms. The number of halogens is 1. The van der Waals surface area contributed by atoms with Gasteiger partial charge in [0.1, 0.15) is 5.47 Å². The molecular weight excluding hydrogens is 279 g/mol. The molecule has 2 atom stereocenters. The first-order chi connectivity index (χ1) is 6.87. The molecule has 0 aromatic carbocycles. The van der Waals surface area contributed by atoms with Crippen molar-refractivity contribution in [3.8, 4) is 0 Å². The molecule has 0 aliphatic carbocycles. The Labute approximate surface area is 116 Å².